The second-order valence-electron chi connectivity index (χ2n) is 10.5. The van der Waals surface area contributed by atoms with Gasteiger partial charge in [0.2, 0.25) is 0 Å². The van der Waals surface area contributed by atoms with Crippen LogP contribution in [0.15, 0.2) is 58.9 Å². The summed E-state index contributed by atoms with van der Waals surface area (Å²) in [6, 6.07) is 15.3. The van der Waals surface area contributed by atoms with Crippen molar-refractivity contribution in [3.8, 4) is 6.07 Å². The molecule has 0 bridgehead atoms. The molecule has 4 nitrogen and oxygen atoms in total. The number of rotatable bonds is 3. The summed E-state index contributed by atoms with van der Waals surface area (Å²) in [6.45, 7) is 10.5. The highest BCUT2D eigenvalue weighted by Crippen LogP contribution is 2.48. The van der Waals surface area contributed by atoms with Crippen molar-refractivity contribution in [1.82, 2.24) is 5.32 Å². The van der Waals surface area contributed by atoms with Gasteiger partial charge in [-0.3, -0.25) is 4.79 Å². The fourth-order valence-corrected chi connectivity index (χ4v) is 6.69. The maximum atomic E-state index is 13.9. The number of anilines is 1. The number of Topliss-reactive ketones (excluding diaryl/α,β-unsaturated/α-hetero) is 1. The van der Waals surface area contributed by atoms with Gasteiger partial charge >= 0.3 is 0 Å². The molecule has 2 aliphatic heterocycles. The van der Waals surface area contributed by atoms with E-state index in [2.05, 4.69) is 67.4 Å². The summed E-state index contributed by atoms with van der Waals surface area (Å²) in [5.74, 6) is 0.0219. The Morgan fingerprint density at radius 2 is 1.66 bits per heavy atom. The third kappa shape index (κ3) is 4.18. The molecular weight excluding hydrogens is 430 g/mol. The molecule has 0 amide bonds. The lowest BCUT2D eigenvalue weighted by Crippen LogP contribution is -2.35. The van der Waals surface area contributed by atoms with Crippen molar-refractivity contribution in [1.29, 1.82) is 5.26 Å². The molecule has 0 radical (unpaired) electrons. The topological polar surface area (TPSA) is 56.1 Å². The third-order valence-electron chi connectivity index (χ3n) is 8.04. The Bertz CT molecular complexity index is 1260. The van der Waals surface area contributed by atoms with Gasteiger partial charge in [-0.1, -0.05) is 35.9 Å². The number of nitriles is 1. The van der Waals surface area contributed by atoms with Crippen LogP contribution < -0.4 is 10.2 Å². The summed E-state index contributed by atoms with van der Waals surface area (Å²) in [5.41, 5.74) is 10.7. The van der Waals surface area contributed by atoms with Crippen LogP contribution >= 0.6 is 0 Å². The normalized spacial score (nSPS) is 22.6. The van der Waals surface area contributed by atoms with Crippen LogP contribution in [0.4, 0.5) is 5.69 Å². The molecule has 1 saturated heterocycles. The monoisotopic (exact) mass is 465 g/mol. The van der Waals surface area contributed by atoms with Crippen LogP contribution in [0.5, 0.6) is 0 Å². The maximum Gasteiger partial charge on any atom is 0.162 e. The molecule has 0 saturated carbocycles. The number of benzene rings is 2. The van der Waals surface area contributed by atoms with E-state index in [1.165, 1.54) is 47.2 Å². The van der Waals surface area contributed by atoms with E-state index in [-0.39, 0.29) is 17.6 Å². The first-order valence-corrected chi connectivity index (χ1v) is 12.9. The number of carbonyl (C=O) groups is 1. The van der Waals surface area contributed by atoms with Crippen LogP contribution in [0, 0.1) is 32.1 Å². The molecule has 1 fully saturated rings. The molecule has 5 rings (SSSR count). The average Bonchev–Trinajstić information content (AvgIpc) is 2.83. The highest BCUT2D eigenvalue weighted by molar-refractivity contribution is 6.01. The standard InChI is InChI=1S/C31H35N3O/c1-19-14-20(2)29(21(3)15-19)23-16-26-31(28(35)17-23)30(25(18-32)22(4)33-26)24-10-6-7-11-27(24)34-12-8-5-9-13-34/h6-7,10-11,14-15,23,30,33H,5,8-9,12-13,16-17H2,1-4H3. The van der Waals surface area contributed by atoms with Gasteiger partial charge in [0.05, 0.1) is 17.6 Å². The lowest BCUT2D eigenvalue weighted by atomic mass is 9.70. The van der Waals surface area contributed by atoms with Gasteiger partial charge in [-0.25, -0.2) is 0 Å². The van der Waals surface area contributed by atoms with E-state index in [0.29, 0.717) is 12.0 Å². The lowest BCUT2D eigenvalue weighted by Gasteiger charge is -2.38. The minimum atomic E-state index is -0.303. The first-order chi connectivity index (χ1) is 16.9. The van der Waals surface area contributed by atoms with E-state index in [0.717, 1.165) is 42.0 Å². The van der Waals surface area contributed by atoms with Crippen molar-refractivity contribution >= 4 is 11.5 Å². The van der Waals surface area contributed by atoms with Crippen molar-refractivity contribution in [3.05, 3.63) is 86.8 Å². The van der Waals surface area contributed by atoms with Crippen LogP contribution in [-0.2, 0) is 4.79 Å². The number of aryl methyl sites for hydroxylation is 3. The number of nitrogens with one attached hydrogen (secondary N) is 1. The van der Waals surface area contributed by atoms with Crippen molar-refractivity contribution in [2.75, 3.05) is 18.0 Å². The molecule has 0 spiro atoms. The van der Waals surface area contributed by atoms with Gasteiger partial charge in [0.25, 0.3) is 0 Å². The number of hydrogen-bond donors (Lipinski definition) is 1. The fourth-order valence-electron chi connectivity index (χ4n) is 6.69. The van der Waals surface area contributed by atoms with E-state index in [1.807, 2.05) is 13.0 Å². The number of piperidine rings is 1. The van der Waals surface area contributed by atoms with E-state index in [9.17, 15) is 10.1 Å². The van der Waals surface area contributed by atoms with Crippen molar-refractivity contribution < 1.29 is 4.79 Å². The van der Waals surface area contributed by atoms with Gasteiger partial charge < -0.3 is 10.2 Å². The SMILES string of the molecule is CC1=C(C#N)C(c2ccccc2N2CCCCC2)C2=C(CC(c3c(C)cc(C)cc3C)CC2=O)N1. The molecule has 3 aliphatic rings. The molecule has 35 heavy (non-hydrogen) atoms. The van der Waals surface area contributed by atoms with Gasteiger partial charge in [-0.05, 0) is 87.6 Å². The number of carbonyl (C=O) groups excluding carboxylic acids is 1. The number of para-hydroxylation sites is 1. The molecule has 2 aromatic carbocycles. The molecule has 0 aromatic heterocycles. The Morgan fingerprint density at radius 1 is 0.971 bits per heavy atom. The largest absolute Gasteiger partial charge is 0.371 e. The zero-order chi connectivity index (χ0) is 24.7. The molecule has 2 heterocycles. The number of nitrogens with zero attached hydrogens (tertiary/aromatic N) is 2. The average molecular weight is 466 g/mol. The highest BCUT2D eigenvalue weighted by atomic mass is 16.1. The highest BCUT2D eigenvalue weighted by Gasteiger charge is 2.40. The molecule has 4 heteroatoms. The van der Waals surface area contributed by atoms with Crippen LogP contribution in [0.25, 0.3) is 0 Å². The van der Waals surface area contributed by atoms with Crippen molar-refractivity contribution in [3.63, 3.8) is 0 Å². The summed E-state index contributed by atoms with van der Waals surface area (Å²) in [4.78, 5) is 16.3. The van der Waals surface area contributed by atoms with Crippen LogP contribution in [-0.4, -0.2) is 18.9 Å². The number of allylic oxidation sites excluding steroid dienone is 4. The molecule has 2 aromatic rings. The van der Waals surface area contributed by atoms with E-state index in [1.54, 1.807) is 0 Å². The molecule has 1 aliphatic carbocycles. The molecular formula is C31H35N3O. The summed E-state index contributed by atoms with van der Waals surface area (Å²) < 4.78 is 0. The zero-order valence-electron chi connectivity index (χ0n) is 21.4. The minimum Gasteiger partial charge on any atom is -0.371 e. The minimum absolute atomic E-state index is 0.156. The van der Waals surface area contributed by atoms with Crippen LogP contribution in [0.1, 0.15) is 78.7 Å². The van der Waals surface area contributed by atoms with Gasteiger partial charge in [0.15, 0.2) is 5.78 Å². The Hall–Kier alpha value is -3.32. The summed E-state index contributed by atoms with van der Waals surface area (Å²) in [5, 5.41) is 13.7. The Balaban J connectivity index is 1.60. The first-order valence-electron chi connectivity index (χ1n) is 12.9. The first kappa shape index (κ1) is 23.4. The van der Waals surface area contributed by atoms with E-state index < -0.39 is 0 Å². The van der Waals surface area contributed by atoms with Crippen molar-refractivity contribution in [2.24, 2.45) is 0 Å². The smallest absolute Gasteiger partial charge is 0.162 e. The van der Waals surface area contributed by atoms with E-state index in [4.69, 9.17) is 0 Å². The molecule has 180 valence electrons. The van der Waals surface area contributed by atoms with Crippen molar-refractivity contribution in [2.45, 2.75) is 71.6 Å². The molecule has 2 atom stereocenters. The van der Waals surface area contributed by atoms with E-state index >= 15 is 0 Å². The van der Waals surface area contributed by atoms with Gasteiger partial charge in [0.1, 0.15) is 0 Å². The Morgan fingerprint density at radius 3 is 2.34 bits per heavy atom. The number of dihydropyridines is 1. The molecule has 2 unspecified atom stereocenters. The van der Waals surface area contributed by atoms with Gasteiger partial charge in [-0.2, -0.15) is 5.26 Å². The third-order valence-corrected chi connectivity index (χ3v) is 8.04. The Labute approximate surface area is 209 Å². The summed E-state index contributed by atoms with van der Waals surface area (Å²) >= 11 is 0. The maximum absolute atomic E-state index is 13.9. The molecule has 1 N–H and O–H groups in total. The van der Waals surface area contributed by atoms with Crippen LogP contribution in [0.3, 0.4) is 0 Å². The summed E-state index contributed by atoms with van der Waals surface area (Å²) in [7, 11) is 0. The van der Waals surface area contributed by atoms with Gasteiger partial charge in [-0.15, -0.1) is 0 Å². The lowest BCUT2D eigenvalue weighted by molar-refractivity contribution is -0.116. The number of ketones is 1. The zero-order valence-corrected chi connectivity index (χ0v) is 21.4. The fraction of sp³-hybridized carbons (Fsp3) is 0.419. The van der Waals surface area contributed by atoms with Gasteiger partial charge in [0, 0.05) is 42.2 Å². The predicted molar refractivity (Wildman–Crippen MR) is 141 cm³/mol. The predicted octanol–water partition coefficient (Wildman–Crippen LogP) is 6.49. The second-order valence-corrected chi connectivity index (χ2v) is 10.5. The number of hydrogen-bond acceptors (Lipinski definition) is 4. The second kappa shape index (κ2) is 9.38. The van der Waals surface area contributed by atoms with Crippen LogP contribution in [0.2, 0.25) is 0 Å². The quantitative estimate of drug-likeness (QED) is 0.563. The Kier molecular flexibility index (Phi) is 6.28. The summed E-state index contributed by atoms with van der Waals surface area (Å²) in [6.07, 6.45) is 4.92.